The summed E-state index contributed by atoms with van der Waals surface area (Å²) < 4.78 is 12.6. The maximum atomic E-state index is 10.6. The third kappa shape index (κ3) is 12.2. The van der Waals surface area contributed by atoms with Gasteiger partial charge in [-0.3, -0.25) is 4.98 Å². The van der Waals surface area contributed by atoms with Crippen LogP contribution < -0.4 is 9.97 Å². The van der Waals surface area contributed by atoms with Crippen molar-refractivity contribution in [3.8, 4) is 0 Å². The molecule has 0 radical (unpaired) electrons. The van der Waals surface area contributed by atoms with Gasteiger partial charge < -0.3 is 9.97 Å². The Balaban J connectivity index is 0.000000223. The summed E-state index contributed by atoms with van der Waals surface area (Å²) in [6.45, 7) is 12.2. The fourth-order valence-corrected chi connectivity index (χ4v) is 3.91. The van der Waals surface area contributed by atoms with Gasteiger partial charge in [-0.25, -0.2) is 0 Å². The van der Waals surface area contributed by atoms with E-state index in [4.69, 9.17) is 0 Å². The van der Waals surface area contributed by atoms with Crippen LogP contribution in [-0.2, 0) is 26.9 Å². The molecule has 5 heteroatoms. The van der Waals surface area contributed by atoms with Gasteiger partial charge in [0.15, 0.2) is 0 Å². The molecule has 0 aliphatic rings. The van der Waals surface area contributed by atoms with Crippen LogP contribution in [0.1, 0.15) is 42.2 Å². The number of hydrogen-bond donors (Lipinski definition) is 0. The minimum Gasteiger partial charge on any atom is -0.665 e. The van der Waals surface area contributed by atoms with Gasteiger partial charge in [-0.05, 0) is 12.1 Å². The second-order valence-electron chi connectivity index (χ2n) is 7.78. The Labute approximate surface area is 200 Å². The summed E-state index contributed by atoms with van der Waals surface area (Å²) in [5, 5.41) is 0. The zero-order chi connectivity index (χ0) is 23.8. The van der Waals surface area contributed by atoms with E-state index >= 15 is 0 Å². The molecule has 0 N–H and O–H groups in total. The van der Waals surface area contributed by atoms with E-state index in [0.717, 1.165) is 22.8 Å². The topological polar surface area (TPSA) is 58.2 Å². The van der Waals surface area contributed by atoms with Crippen molar-refractivity contribution in [2.75, 3.05) is 0 Å². The summed E-state index contributed by atoms with van der Waals surface area (Å²) in [5.74, 6) is 0. The molecule has 0 saturated carbocycles. The van der Waals surface area contributed by atoms with E-state index in [1.165, 1.54) is 5.56 Å². The first-order valence-corrected chi connectivity index (χ1v) is 13.3. The van der Waals surface area contributed by atoms with E-state index < -0.39 is 18.1 Å². The first kappa shape index (κ1) is 27.3. The summed E-state index contributed by atoms with van der Waals surface area (Å²) >= 11 is -1.43. The molecule has 1 aromatic carbocycles. The van der Waals surface area contributed by atoms with Crippen molar-refractivity contribution in [1.82, 2.24) is 15.0 Å². The van der Waals surface area contributed by atoms with Crippen LogP contribution in [0.5, 0.6) is 0 Å². The quantitative estimate of drug-likeness (QED) is 0.293. The van der Waals surface area contributed by atoms with Crippen LogP contribution in [0.15, 0.2) is 85.2 Å². The van der Waals surface area contributed by atoms with Gasteiger partial charge in [0, 0.05) is 12.4 Å². The van der Waals surface area contributed by atoms with E-state index in [0.29, 0.717) is 0 Å². The molecule has 0 fully saturated rings. The van der Waals surface area contributed by atoms with E-state index in [-0.39, 0.29) is 5.41 Å². The largest absolute Gasteiger partial charge is 0.665 e. The second kappa shape index (κ2) is 15.2. The molecule has 0 spiro atoms. The van der Waals surface area contributed by atoms with Crippen molar-refractivity contribution >= 4 is 4.40 Å². The van der Waals surface area contributed by atoms with Crippen molar-refractivity contribution in [1.29, 1.82) is 0 Å². The molecule has 4 rings (SSSR count). The third-order valence-electron chi connectivity index (χ3n) is 4.26. The standard InChI is InChI=1S/C10H12.2C6H8N.C5H5N.O.W/c1-10(2,3)9-7-5-4-6-8-9;2*1-5-3-4-6(2)7-5;1-2-4-6-5-3-1;;/h1,4-8H,2-3H3;2*3-4H,1-2H3;1-5H;;/q;2*-1;;;. The van der Waals surface area contributed by atoms with Crippen molar-refractivity contribution in [2.24, 2.45) is 0 Å². The van der Waals surface area contributed by atoms with E-state index in [1.54, 1.807) is 12.4 Å². The van der Waals surface area contributed by atoms with Crippen LogP contribution in [0.25, 0.3) is 0 Å². The van der Waals surface area contributed by atoms with Crippen LogP contribution in [0.2, 0.25) is 0 Å². The molecule has 3 aromatic heterocycles. The molecular weight excluding hydrogens is 566 g/mol. The molecule has 170 valence electrons. The van der Waals surface area contributed by atoms with Gasteiger partial charge in [-0.2, -0.15) is 22.8 Å². The number of benzene rings is 1. The smallest absolute Gasteiger partial charge is 0.0267 e. The Morgan fingerprint density at radius 1 is 0.688 bits per heavy atom. The van der Waals surface area contributed by atoms with Crippen LogP contribution in [0.4, 0.5) is 0 Å². The predicted octanol–water partition coefficient (Wildman–Crippen LogP) is 5.80. The molecule has 4 aromatic rings. The molecule has 0 unspecified atom stereocenters. The molecule has 0 atom stereocenters. The molecule has 32 heavy (non-hydrogen) atoms. The Morgan fingerprint density at radius 3 is 1.34 bits per heavy atom. The number of aryl methyl sites for hydroxylation is 4. The average molecular weight is 599 g/mol. The van der Waals surface area contributed by atoms with Crippen LogP contribution in [-0.4, -0.2) is 9.38 Å². The molecule has 4 nitrogen and oxygen atoms in total. The maximum absolute atomic E-state index is 10.6. The van der Waals surface area contributed by atoms with Gasteiger partial charge in [-0.15, -0.1) is 0 Å². The zero-order valence-electron chi connectivity index (χ0n) is 19.8. The number of nitrogens with zero attached hydrogens (tertiary/aromatic N) is 3. The minimum absolute atomic E-state index is 0.0202. The molecule has 3 heterocycles. The third-order valence-corrected chi connectivity index (χ3v) is 6.73. The molecular formula is C27H33N3OW-2. The number of rotatable bonds is 2. The van der Waals surface area contributed by atoms with E-state index in [1.807, 2.05) is 92.8 Å². The van der Waals surface area contributed by atoms with Gasteiger partial charge >= 0.3 is 81.0 Å². The number of aromatic nitrogens is 3. The Kier molecular flexibility index (Phi) is 12.9. The van der Waals surface area contributed by atoms with Gasteiger partial charge in [0.25, 0.3) is 0 Å². The monoisotopic (exact) mass is 599 g/mol. The molecule has 0 saturated heterocycles. The minimum atomic E-state index is -1.43. The molecule has 0 bridgehead atoms. The van der Waals surface area contributed by atoms with Crippen molar-refractivity contribution in [3.63, 3.8) is 0 Å². The number of pyridine rings is 1. The van der Waals surface area contributed by atoms with E-state index in [2.05, 4.69) is 40.9 Å². The van der Waals surface area contributed by atoms with Crippen molar-refractivity contribution in [2.45, 2.75) is 47.0 Å². The fraction of sp³-hybridized carbons (Fsp3) is 0.259. The first-order valence-electron chi connectivity index (χ1n) is 10.4. The van der Waals surface area contributed by atoms with Gasteiger partial charge in [0.05, 0.1) is 0 Å². The average Bonchev–Trinajstić information content (AvgIpc) is 3.36. The Morgan fingerprint density at radius 2 is 1.09 bits per heavy atom. The summed E-state index contributed by atoms with van der Waals surface area (Å²) in [7, 11) is 0. The van der Waals surface area contributed by atoms with Crippen molar-refractivity contribution < 1.29 is 21.5 Å². The fourth-order valence-electron chi connectivity index (χ4n) is 2.56. The maximum Gasteiger partial charge on any atom is 0.0267 e. The van der Waals surface area contributed by atoms with Gasteiger partial charge in [0.1, 0.15) is 0 Å². The van der Waals surface area contributed by atoms with Gasteiger partial charge in [0.2, 0.25) is 0 Å². The summed E-state index contributed by atoms with van der Waals surface area (Å²) in [4.78, 5) is 12.0. The van der Waals surface area contributed by atoms with Crippen LogP contribution in [0.3, 0.4) is 0 Å². The summed E-state index contributed by atoms with van der Waals surface area (Å²) in [5.41, 5.74) is 5.65. The zero-order valence-corrected chi connectivity index (χ0v) is 22.8. The second-order valence-corrected chi connectivity index (χ2v) is 9.32. The molecule has 0 aliphatic heterocycles. The van der Waals surface area contributed by atoms with Gasteiger partial charge in [-0.1, -0.05) is 58.0 Å². The Bertz CT molecular complexity index is 949. The number of hydrogen-bond acceptors (Lipinski definition) is 2. The predicted molar refractivity (Wildman–Crippen MR) is 129 cm³/mol. The summed E-state index contributed by atoms with van der Waals surface area (Å²) in [6, 6.07) is 23.9. The van der Waals surface area contributed by atoms with Crippen LogP contribution >= 0.6 is 0 Å². The Hall–Kier alpha value is -2.71. The van der Waals surface area contributed by atoms with E-state index in [9.17, 15) is 3.40 Å². The van der Waals surface area contributed by atoms with Crippen molar-refractivity contribution in [3.05, 3.63) is 114 Å². The normalized spacial score (nSPS) is 9.69. The molecule has 0 aliphatic carbocycles. The first-order chi connectivity index (χ1) is 15.2. The summed E-state index contributed by atoms with van der Waals surface area (Å²) in [6.07, 6.45) is 3.50. The molecule has 0 amide bonds. The SMILES string of the molecule is CC(C)([CH]=[W]=[O])c1ccccc1.Cc1ccc(C)[n-]1.Cc1ccc(C)[n-]1.c1ccncc1. The van der Waals surface area contributed by atoms with Crippen LogP contribution in [0, 0.1) is 27.7 Å².